The second-order valence-corrected chi connectivity index (χ2v) is 3.74. The Hall–Kier alpha value is -2.24. The van der Waals surface area contributed by atoms with Crippen LogP contribution < -0.4 is 10.5 Å². The molecule has 0 fully saturated rings. The fraction of sp³-hybridized carbons (Fsp3) is 0.125. The summed E-state index contributed by atoms with van der Waals surface area (Å²) in [5.41, 5.74) is 7.64. The van der Waals surface area contributed by atoms with Crippen LogP contribution in [0.25, 0.3) is 11.1 Å². The van der Waals surface area contributed by atoms with Crippen molar-refractivity contribution in [1.82, 2.24) is 0 Å². The first-order chi connectivity index (χ1) is 8.90. The summed E-state index contributed by atoms with van der Waals surface area (Å²) in [5.74, 6) is 6.41. The minimum Gasteiger partial charge on any atom is -0.481 e. The van der Waals surface area contributed by atoms with Crippen molar-refractivity contribution >= 4 is 0 Å². The van der Waals surface area contributed by atoms with Crippen LogP contribution in [0.3, 0.4) is 0 Å². The molecule has 0 aliphatic carbocycles. The molecular formula is C16H15NO. The minimum atomic E-state index is 0.371. The van der Waals surface area contributed by atoms with Crippen molar-refractivity contribution in [3.8, 4) is 28.7 Å². The van der Waals surface area contributed by atoms with E-state index in [1.54, 1.807) is 0 Å². The van der Waals surface area contributed by atoms with E-state index in [9.17, 15) is 0 Å². The largest absolute Gasteiger partial charge is 0.481 e. The number of nitrogens with two attached hydrogens (primary N) is 1. The molecule has 2 aromatic carbocycles. The van der Waals surface area contributed by atoms with Crippen molar-refractivity contribution in [2.24, 2.45) is 5.73 Å². The van der Waals surface area contributed by atoms with Crippen molar-refractivity contribution in [3.05, 3.63) is 54.6 Å². The van der Waals surface area contributed by atoms with Gasteiger partial charge in [0.1, 0.15) is 12.4 Å². The lowest BCUT2D eigenvalue weighted by Gasteiger charge is -2.04. The predicted octanol–water partition coefficient (Wildman–Crippen LogP) is 2.69. The Morgan fingerprint density at radius 1 is 0.833 bits per heavy atom. The highest BCUT2D eigenvalue weighted by molar-refractivity contribution is 5.63. The van der Waals surface area contributed by atoms with E-state index in [0.29, 0.717) is 13.2 Å². The van der Waals surface area contributed by atoms with Crippen molar-refractivity contribution in [2.75, 3.05) is 13.2 Å². The predicted molar refractivity (Wildman–Crippen MR) is 74.2 cm³/mol. The van der Waals surface area contributed by atoms with Gasteiger partial charge in [-0.2, -0.15) is 0 Å². The molecule has 0 aromatic heterocycles. The highest BCUT2D eigenvalue weighted by atomic mass is 16.5. The average Bonchev–Trinajstić information content (AvgIpc) is 2.45. The SMILES string of the molecule is NCC#CCOc1ccc(-c2ccccc2)cc1. The van der Waals surface area contributed by atoms with E-state index in [0.717, 1.165) is 5.75 Å². The fourth-order valence-corrected chi connectivity index (χ4v) is 1.62. The Kier molecular flexibility index (Phi) is 4.40. The molecule has 0 spiro atoms. The molecule has 2 rings (SSSR count). The van der Waals surface area contributed by atoms with Gasteiger partial charge in [-0.05, 0) is 23.3 Å². The van der Waals surface area contributed by atoms with Gasteiger partial charge in [-0.25, -0.2) is 0 Å². The maximum Gasteiger partial charge on any atom is 0.149 e. The third-order valence-corrected chi connectivity index (χ3v) is 2.50. The number of hydrogen-bond acceptors (Lipinski definition) is 2. The van der Waals surface area contributed by atoms with Crippen LogP contribution in [-0.2, 0) is 0 Å². The molecule has 90 valence electrons. The van der Waals surface area contributed by atoms with E-state index in [2.05, 4.69) is 24.0 Å². The van der Waals surface area contributed by atoms with Gasteiger partial charge in [0.05, 0.1) is 6.54 Å². The number of benzene rings is 2. The highest BCUT2D eigenvalue weighted by Crippen LogP contribution is 2.21. The smallest absolute Gasteiger partial charge is 0.149 e. The van der Waals surface area contributed by atoms with Gasteiger partial charge in [-0.1, -0.05) is 54.3 Å². The van der Waals surface area contributed by atoms with Crippen LogP contribution in [-0.4, -0.2) is 13.2 Å². The molecule has 0 saturated carbocycles. The van der Waals surface area contributed by atoms with Gasteiger partial charge < -0.3 is 10.5 Å². The van der Waals surface area contributed by atoms with Crippen LogP contribution in [0.4, 0.5) is 0 Å². The zero-order valence-corrected chi connectivity index (χ0v) is 10.1. The van der Waals surface area contributed by atoms with Crippen molar-refractivity contribution in [2.45, 2.75) is 0 Å². The van der Waals surface area contributed by atoms with Crippen LogP contribution in [0.5, 0.6) is 5.75 Å². The molecule has 0 saturated heterocycles. The maximum atomic E-state index is 5.47. The standard InChI is InChI=1S/C16H15NO/c17-12-4-5-13-18-16-10-8-15(9-11-16)14-6-2-1-3-7-14/h1-3,6-11H,12-13,17H2. The molecule has 0 aliphatic rings. The Morgan fingerprint density at radius 2 is 1.50 bits per heavy atom. The molecule has 0 bridgehead atoms. The van der Waals surface area contributed by atoms with Gasteiger partial charge >= 0.3 is 0 Å². The Bertz CT molecular complexity index is 535. The molecule has 0 unspecified atom stereocenters. The van der Waals surface area contributed by atoms with E-state index in [-0.39, 0.29) is 0 Å². The van der Waals surface area contributed by atoms with Gasteiger partial charge in [0.15, 0.2) is 0 Å². The van der Waals surface area contributed by atoms with E-state index in [4.69, 9.17) is 10.5 Å². The second kappa shape index (κ2) is 6.48. The Morgan fingerprint density at radius 3 is 2.17 bits per heavy atom. The second-order valence-electron chi connectivity index (χ2n) is 3.74. The van der Waals surface area contributed by atoms with Crippen LogP contribution in [0.15, 0.2) is 54.6 Å². The lowest BCUT2D eigenvalue weighted by molar-refractivity contribution is 0.370. The topological polar surface area (TPSA) is 35.2 Å². The van der Waals surface area contributed by atoms with Crippen molar-refractivity contribution < 1.29 is 4.74 Å². The van der Waals surface area contributed by atoms with Crippen LogP contribution in [0, 0.1) is 11.8 Å². The summed E-state index contributed by atoms with van der Waals surface area (Å²) in [4.78, 5) is 0. The lowest BCUT2D eigenvalue weighted by atomic mass is 10.1. The summed E-state index contributed by atoms with van der Waals surface area (Å²) in [6.45, 7) is 0.748. The summed E-state index contributed by atoms with van der Waals surface area (Å²) in [7, 11) is 0. The first-order valence-electron chi connectivity index (χ1n) is 5.84. The first-order valence-corrected chi connectivity index (χ1v) is 5.84. The highest BCUT2D eigenvalue weighted by Gasteiger charge is 1.97. The molecule has 2 N–H and O–H groups in total. The third-order valence-electron chi connectivity index (χ3n) is 2.50. The zero-order chi connectivity index (χ0) is 12.6. The Balaban J connectivity index is 2.02. The van der Waals surface area contributed by atoms with Crippen LogP contribution in [0.1, 0.15) is 0 Å². The molecule has 0 amide bonds. The number of rotatable bonds is 3. The lowest BCUT2D eigenvalue weighted by Crippen LogP contribution is -1.97. The van der Waals surface area contributed by atoms with Gasteiger partial charge in [0.25, 0.3) is 0 Å². The molecule has 0 heterocycles. The molecule has 18 heavy (non-hydrogen) atoms. The Labute approximate surface area is 107 Å². The summed E-state index contributed by atoms with van der Waals surface area (Å²) >= 11 is 0. The molecule has 0 atom stereocenters. The van der Waals surface area contributed by atoms with E-state index < -0.39 is 0 Å². The molecular weight excluding hydrogens is 222 g/mol. The van der Waals surface area contributed by atoms with Gasteiger partial charge in [0.2, 0.25) is 0 Å². The summed E-state index contributed by atoms with van der Waals surface area (Å²) in [5, 5.41) is 0. The summed E-state index contributed by atoms with van der Waals surface area (Å²) in [6.07, 6.45) is 0. The van der Waals surface area contributed by atoms with E-state index in [1.807, 2.05) is 42.5 Å². The van der Waals surface area contributed by atoms with Gasteiger partial charge in [-0.15, -0.1) is 0 Å². The maximum absolute atomic E-state index is 5.47. The first kappa shape index (κ1) is 12.2. The zero-order valence-electron chi connectivity index (χ0n) is 10.1. The van der Waals surface area contributed by atoms with Gasteiger partial charge in [0, 0.05) is 0 Å². The average molecular weight is 237 g/mol. The van der Waals surface area contributed by atoms with Crippen molar-refractivity contribution in [3.63, 3.8) is 0 Å². The summed E-state index contributed by atoms with van der Waals surface area (Å²) in [6, 6.07) is 18.2. The fourth-order valence-electron chi connectivity index (χ4n) is 1.62. The molecule has 2 nitrogen and oxygen atoms in total. The minimum absolute atomic E-state index is 0.371. The van der Waals surface area contributed by atoms with Crippen LogP contribution in [0.2, 0.25) is 0 Å². The molecule has 2 aromatic rings. The number of ether oxygens (including phenoxy) is 1. The number of hydrogen-bond donors (Lipinski definition) is 1. The van der Waals surface area contributed by atoms with Gasteiger partial charge in [-0.3, -0.25) is 0 Å². The third kappa shape index (κ3) is 3.38. The quantitative estimate of drug-likeness (QED) is 0.833. The normalized spacial score (nSPS) is 9.39. The molecule has 0 aliphatic heterocycles. The van der Waals surface area contributed by atoms with E-state index >= 15 is 0 Å². The van der Waals surface area contributed by atoms with Crippen molar-refractivity contribution in [1.29, 1.82) is 0 Å². The molecule has 0 radical (unpaired) electrons. The van der Waals surface area contributed by atoms with E-state index in [1.165, 1.54) is 11.1 Å². The molecule has 2 heteroatoms. The van der Waals surface area contributed by atoms with Crippen LogP contribution >= 0.6 is 0 Å². The monoisotopic (exact) mass is 237 g/mol. The summed E-state index contributed by atoms with van der Waals surface area (Å²) < 4.78 is 5.47.